The van der Waals surface area contributed by atoms with E-state index >= 15 is 0 Å². The van der Waals surface area contributed by atoms with Gasteiger partial charge in [-0.05, 0) is 42.3 Å². The van der Waals surface area contributed by atoms with Gasteiger partial charge in [0.05, 0.1) is 12.6 Å². The Labute approximate surface area is 176 Å². The lowest BCUT2D eigenvalue weighted by molar-refractivity contribution is -0.123. The van der Waals surface area contributed by atoms with Crippen LogP contribution >= 0.6 is 11.6 Å². The molecule has 2 heterocycles. The van der Waals surface area contributed by atoms with Crippen LogP contribution in [0.2, 0.25) is 5.02 Å². The number of hydrogen-bond acceptors (Lipinski definition) is 5. The van der Waals surface area contributed by atoms with Crippen molar-refractivity contribution in [1.29, 1.82) is 0 Å². The first-order valence-corrected chi connectivity index (χ1v) is 10.3. The van der Waals surface area contributed by atoms with Gasteiger partial charge in [0.1, 0.15) is 0 Å². The summed E-state index contributed by atoms with van der Waals surface area (Å²) in [6.07, 6.45) is 0. The lowest BCUT2D eigenvalue weighted by Gasteiger charge is -2.34. The molecule has 2 aliphatic heterocycles. The Balaban J connectivity index is 1.21. The Morgan fingerprint density at radius 3 is 2.48 bits per heavy atom. The van der Waals surface area contributed by atoms with E-state index < -0.39 is 0 Å². The molecule has 4 rings (SSSR count). The number of amides is 1. The van der Waals surface area contributed by atoms with Crippen LogP contribution in [0.1, 0.15) is 24.1 Å². The molecule has 0 aromatic heterocycles. The maximum atomic E-state index is 12.4. The highest BCUT2D eigenvalue weighted by Crippen LogP contribution is 2.32. The van der Waals surface area contributed by atoms with Crippen molar-refractivity contribution >= 4 is 17.5 Å². The fraction of sp³-hybridized carbons (Fsp3) is 0.409. The zero-order valence-corrected chi connectivity index (χ0v) is 17.3. The van der Waals surface area contributed by atoms with E-state index in [1.165, 1.54) is 5.56 Å². The van der Waals surface area contributed by atoms with Crippen molar-refractivity contribution in [2.24, 2.45) is 0 Å². The van der Waals surface area contributed by atoms with Gasteiger partial charge < -0.3 is 14.8 Å². The van der Waals surface area contributed by atoms with E-state index in [9.17, 15) is 4.79 Å². The predicted molar refractivity (Wildman–Crippen MR) is 112 cm³/mol. The molecule has 1 atom stereocenters. The van der Waals surface area contributed by atoms with Crippen molar-refractivity contribution in [2.45, 2.75) is 19.5 Å². The Morgan fingerprint density at radius 1 is 1.03 bits per heavy atom. The average molecular weight is 416 g/mol. The fourth-order valence-electron chi connectivity index (χ4n) is 3.73. The van der Waals surface area contributed by atoms with Gasteiger partial charge in [0.25, 0.3) is 0 Å². The maximum Gasteiger partial charge on any atom is 0.234 e. The van der Waals surface area contributed by atoms with Gasteiger partial charge in [0.2, 0.25) is 12.7 Å². The van der Waals surface area contributed by atoms with Gasteiger partial charge in [0.15, 0.2) is 11.5 Å². The van der Waals surface area contributed by atoms with Crippen molar-refractivity contribution in [3.63, 3.8) is 0 Å². The van der Waals surface area contributed by atoms with E-state index in [-0.39, 0.29) is 11.9 Å². The predicted octanol–water partition coefficient (Wildman–Crippen LogP) is 3.06. The third-order valence-corrected chi connectivity index (χ3v) is 5.67. The van der Waals surface area contributed by atoms with Crippen LogP contribution in [0.15, 0.2) is 42.5 Å². The number of piperazine rings is 1. The Hall–Kier alpha value is -2.28. The fourth-order valence-corrected chi connectivity index (χ4v) is 3.85. The minimum atomic E-state index is -0.0351. The van der Waals surface area contributed by atoms with Crippen molar-refractivity contribution in [3.05, 3.63) is 58.6 Å². The summed E-state index contributed by atoms with van der Waals surface area (Å²) in [6, 6.07) is 13.7. The summed E-state index contributed by atoms with van der Waals surface area (Å²) in [7, 11) is 0. The minimum absolute atomic E-state index is 0.0351. The van der Waals surface area contributed by atoms with Crippen LogP contribution in [0.4, 0.5) is 0 Å². The summed E-state index contributed by atoms with van der Waals surface area (Å²) in [5, 5.41) is 3.77. The summed E-state index contributed by atoms with van der Waals surface area (Å²) >= 11 is 5.93. The van der Waals surface area contributed by atoms with E-state index in [1.54, 1.807) is 0 Å². The van der Waals surface area contributed by atoms with Crippen molar-refractivity contribution in [1.82, 2.24) is 15.1 Å². The number of nitrogens with zero attached hydrogens (tertiary/aromatic N) is 2. The zero-order chi connectivity index (χ0) is 20.2. The molecule has 7 heteroatoms. The molecule has 2 aromatic carbocycles. The number of benzene rings is 2. The van der Waals surface area contributed by atoms with E-state index in [0.29, 0.717) is 18.4 Å². The topological polar surface area (TPSA) is 54.0 Å². The summed E-state index contributed by atoms with van der Waals surface area (Å²) in [5.41, 5.74) is 2.27. The molecule has 0 radical (unpaired) electrons. The summed E-state index contributed by atoms with van der Waals surface area (Å²) in [5.74, 6) is 1.70. The SMILES string of the molecule is C[C@H](NC(=O)CN1CCN(Cc2ccc3c(c2)OCO3)CC1)c1ccc(Cl)cc1. The molecule has 1 saturated heterocycles. The van der Waals surface area contributed by atoms with Crippen LogP contribution in [0.5, 0.6) is 11.5 Å². The average Bonchev–Trinajstić information content (AvgIpc) is 3.18. The monoisotopic (exact) mass is 415 g/mol. The van der Waals surface area contributed by atoms with Crippen LogP contribution in [-0.2, 0) is 11.3 Å². The third kappa shape index (κ3) is 5.21. The number of ether oxygens (including phenoxy) is 2. The van der Waals surface area contributed by atoms with Crippen LogP contribution in [0, 0.1) is 0 Å². The number of hydrogen-bond donors (Lipinski definition) is 1. The molecule has 6 nitrogen and oxygen atoms in total. The van der Waals surface area contributed by atoms with Gasteiger partial charge in [-0.1, -0.05) is 29.8 Å². The van der Waals surface area contributed by atoms with Gasteiger partial charge in [-0.2, -0.15) is 0 Å². The third-order valence-electron chi connectivity index (χ3n) is 5.42. The molecule has 1 N–H and O–H groups in total. The minimum Gasteiger partial charge on any atom is -0.454 e. The molecule has 0 unspecified atom stereocenters. The van der Waals surface area contributed by atoms with Gasteiger partial charge in [-0.15, -0.1) is 0 Å². The number of carbonyl (C=O) groups excluding carboxylic acids is 1. The molecule has 0 spiro atoms. The molecule has 0 saturated carbocycles. The normalized spacial score (nSPS) is 17.9. The molecular weight excluding hydrogens is 390 g/mol. The number of nitrogens with one attached hydrogen (secondary N) is 1. The van der Waals surface area contributed by atoms with Gasteiger partial charge in [0, 0.05) is 37.7 Å². The number of fused-ring (bicyclic) bond motifs is 1. The Kier molecular flexibility index (Phi) is 6.23. The van der Waals surface area contributed by atoms with Gasteiger partial charge in [-0.25, -0.2) is 0 Å². The highest BCUT2D eigenvalue weighted by molar-refractivity contribution is 6.30. The van der Waals surface area contributed by atoms with Crippen LogP contribution < -0.4 is 14.8 Å². The number of carbonyl (C=O) groups is 1. The summed E-state index contributed by atoms with van der Waals surface area (Å²) < 4.78 is 10.8. The lowest BCUT2D eigenvalue weighted by Crippen LogP contribution is -2.49. The van der Waals surface area contributed by atoms with E-state index in [1.807, 2.05) is 37.3 Å². The summed E-state index contributed by atoms with van der Waals surface area (Å²) in [4.78, 5) is 17.0. The van der Waals surface area contributed by atoms with Crippen molar-refractivity contribution < 1.29 is 14.3 Å². The zero-order valence-electron chi connectivity index (χ0n) is 16.6. The molecule has 154 valence electrons. The first-order chi connectivity index (χ1) is 14.1. The molecule has 1 fully saturated rings. The van der Waals surface area contributed by atoms with Gasteiger partial charge >= 0.3 is 0 Å². The first-order valence-electron chi connectivity index (χ1n) is 9.95. The second-order valence-corrected chi connectivity index (χ2v) is 8.02. The van der Waals surface area contributed by atoms with E-state index in [2.05, 4.69) is 27.2 Å². The van der Waals surface area contributed by atoms with Gasteiger partial charge in [-0.3, -0.25) is 14.6 Å². The number of halogens is 1. The smallest absolute Gasteiger partial charge is 0.234 e. The quantitative estimate of drug-likeness (QED) is 0.785. The van der Waals surface area contributed by atoms with E-state index in [0.717, 1.165) is 49.8 Å². The molecule has 0 bridgehead atoms. The molecule has 2 aromatic rings. The van der Waals surface area contributed by atoms with Crippen molar-refractivity contribution in [3.8, 4) is 11.5 Å². The Morgan fingerprint density at radius 2 is 1.72 bits per heavy atom. The molecule has 1 amide bonds. The van der Waals surface area contributed by atoms with Crippen LogP contribution in [-0.4, -0.2) is 55.2 Å². The standard InChI is InChI=1S/C22H26ClN3O3/c1-16(18-3-5-19(23)6-4-18)24-22(27)14-26-10-8-25(9-11-26)13-17-2-7-20-21(12-17)29-15-28-20/h2-7,12,16H,8-11,13-15H2,1H3,(H,24,27)/t16-/m0/s1. The highest BCUT2D eigenvalue weighted by atomic mass is 35.5. The molecule has 29 heavy (non-hydrogen) atoms. The molecule has 0 aliphatic carbocycles. The number of rotatable bonds is 6. The van der Waals surface area contributed by atoms with Crippen LogP contribution in [0.3, 0.4) is 0 Å². The molecular formula is C22H26ClN3O3. The largest absolute Gasteiger partial charge is 0.454 e. The second-order valence-electron chi connectivity index (χ2n) is 7.58. The lowest BCUT2D eigenvalue weighted by atomic mass is 10.1. The Bertz CT molecular complexity index is 851. The molecule has 2 aliphatic rings. The highest BCUT2D eigenvalue weighted by Gasteiger charge is 2.21. The summed E-state index contributed by atoms with van der Waals surface area (Å²) in [6.45, 7) is 7.24. The second kappa shape index (κ2) is 9.03. The maximum absolute atomic E-state index is 12.4. The van der Waals surface area contributed by atoms with Crippen LogP contribution in [0.25, 0.3) is 0 Å². The first kappa shape index (κ1) is 20.0. The van der Waals surface area contributed by atoms with Crippen molar-refractivity contribution in [2.75, 3.05) is 39.5 Å². The van der Waals surface area contributed by atoms with E-state index in [4.69, 9.17) is 21.1 Å².